The van der Waals surface area contributed by atoms with Crippen molar-refractivity contribution in [2.24, 2.45) is 0 Å². The van der Waals surface area contributed by atoms with Gasteiger partial charge in [0, 0.05) is 26.9 Å². The second kappa shape index (κ2) is 10.1. The fourth-order valence-electron chi connectivity index (χ4n) is 2.47. The number of rotatable bonds is 10. The normalized spacial score (nSPS) is 12.1. The van der Waals surface area contributed by atoms with Crippen LogP contribution in [0.1, 0.15) is 12.5 Å². The molecule has 1 aromatic carbocycles. The van der Waals surface area contributed by atoms with Crippen molar-refractivity contribution >= 4 is 11.9 Å². The molecule has 0 saturated heterocycles. The highest BCUT2D eigenvalue weighted by Crippen LogP contribution is 2.23. The lowest BCUT2D eigenvalue weighted by molar-refractivity contribution is 0.121. The Hall–Kier alpha value is -2.33. The van der Waals surface area contributed by atoms with Gasteiger partial charge in [0.05, 0.1) is 0 Å². The predicted molar refractivity (Wildman–Crippen MR) is 102 cm³/mol. The van der Waals surface area contributed by atoms with E-state index >= 15 is 0 Å². The molecule has 0 saturated carbocycles. The fourth-order valence-corrected chi connectivity index (χ4v) is 2.47. The summed E-state index contributed by atoms with van der Waals surface area (Å²) >= 11 is 0. The second-order valence-electron chi connectivity index (χ2n) is 6.02. The van der Waals surface area contributed by atoms with Crippen LogP contribution in [0.5, 0.6) is 0 Å². The summed E-state index contributed by atoms with van der Waals surface area (Å²) in [5.74, 6) is 1.16. The van der Waals surface area contributed by atoms with E-state index in [4.69, 9.17) is 14.2 Å². The number of aliphatic hydroxyl groups is 1. The molecule has 0 radical (unpaired) electrons. The molecule has 9 nitrogen and oxygen atoms in total. The van der Waals surface area contributed by atoms with E-state index in [-0.39, 0.29) is 20.2 Å². The summed E-state index contributed by atoms with van der Waals surface area (Å²) in [6, 6.07) is 7.86. The minimum Gasteiger partial charge on any atom is -0.374 e. The Morgan fingerprint density at radius 2 is 1.59 bits per heavy atom. The maximum atomic E-state index is 10.1. The molecule has 0 fully saturated rings. The Labute approximate surface area is 159 Å². The Morgan fingerprint density at radius 1 is 0.963 bits per heavy atom. The van der Waals surface area contributed by atoms with Crippen LogP contribution in [0.2, 0.25) is 0 Å². The average molecular weight is 377 g/mol. The minimum absolute atomic E-state index is 0.128. The summed E-state index contributed by atoms with van der Waals surface area (Å²) in [5, 5.41) is 10.1. The number of hydrogen-bond acceptors (Lipinski definition) is 9. The van der Waals surface area contributed by atoms with Gasteiger partial charge in [-0.2, -0.15) is 15.0 Å². The first kappa shape index (κ1) is 21.0. The largest absolute Gasteiger partial charge is 0.374 e. The van der Waals surface area contributed by atoms with Gasteiger partial charge in [-0.3, -0.25) is 9.80 Å². The molecule has 1 N–H and O–H groups in total. The Balaban J connectivity index is 2.58. The minimum atomic E-state index is -0.844. The molecule has 0 aliphatic heterocycles. The SMILES string of the molecule is COCN(COC)c1nc(-c2cccc(C)c2)nc(N(COC)C(C)O)n1. The zero-order valence-corrected chi connectivity index (χ0v) is 16.4. The third-order valence-electron chi connectivity index (χ3n) is 3.72. The van der Waals surface area contributed by atoms with Gasteiger partial charge in [0.15, 0.2) is 5.82 Å². The zero-order valence-electron chi connectivity index (χ0n) is 16.4. The lowest BCUT2D eigenvalue weighted by Gasteiger charge is -2.27. The molecule has 0 bridgehead atoms. The lowest BCUT2D eigenvalue weighted by Crippen LogP contribution is -2.37. The molecule has 9 heteroatoms. The van der Waals surface area contributed by atoms with Crippen LogP contribution < -0.4 is 9.80 Å². The van der Waals surface area contributed by atoms with Gasteiger partial charge in [-0.1, -0.05) is 23.8 Å². The second-order valence-corrected chi connectivity index (χ2v) is 6.02. The number of aliphatic hydroxyl groups excluding tert-OH is 1. The number of benzene rings is 1. The molecule has 0 spiro atoms. The lowest BCUT2D eigenvalue weighted by atomic mass is 10.1. The number of anilines is 2. The van der Waals surface area contributed by atoms with Crippen molar-refractivity contribution in [3.63, 3.8) is 0 Å². The first-order valence-electron chi connectivity index (χ1n) is 8.49. The van der Waals surface area contributed by atoms with Crippen LogP contribution >= 0.6 is 0 Å². The maximum Gasteiger partial charge on any atom is 0.234 e. The molecule has 1 atom stereocenters. The van der Waals surface area contributed by atoms with E-state index in [0.717, 1.165) is 11.1 Å². The fraction of sp³-hybridized carbons (Fsp3) is 0.500. The number of hydrogen-bond donors (Lipinski definition) is 1. The van der Waals surface area contributed by atoms with Crippen LogP contribution in [0.25, 0.3) is 11.4 Å². The van der Waals surface area contributed by atoms with Gasteiger partial charge in [-0.05, 0) is 19.9 Å². The highest BCUT2D eigenvalue weighted by atomic mass is 16.5. The van der Waals surface area contributed by atoms with Gasteiger partial charge < -0.3 is 19.3 Å². The Kier molecular flexibility index (Phi) is 7.86. The summed E-state index contributed by atoms with van der Waals surface area (Å²) in [6.45, 7) is 4.23. The molecule has 1 unspecified atom stereocenters. The predicted octanol–water partition coefficient (Wildman–Crippen LogP) is 1.61. The Morgan fingerprint density at radius 3 is 2.15 bits per heavy atom. The summed E-state index contributed by atoms with van der Waals surface area (Å²) in [4.78, 5) is 16.9. The van der Waals surface area contributed by atoms with Crippen LogP contribution in [0.3, 0.4) is 0 Å². The molecule has 148 valence electrons. The van der Waals surface area contributed by atoms with Crippen LogP contribution in [-0.4, -0.2) is 67.8 Å². The Bertz CT molecular complexity index is 723. The maximum absolute atomic E-state index is 10.1. The van der Waals surface area contributed by atoms with E-state index in [1.807, 2.05) is 31.2 Å². The van der Waals surface area contributed by atoms with Crippen LogP contribution in [0, 0.1) is 6.92 Å². The third kappa shape index (κ3) is 5.57. The smallest absolute Gasteiger partial charge is 0.234 e. The van der Waals surface area contributed by atoms with E-state index in [9.17, 15) is 5.11 Å². The van der Waals surface area contributed by atoms with Crippen LogP contribution in [0.4, 0.5) is 11.9 Å². The van der Waals surface area contributed by atoms with Crippen molar-refractivity contribution < 1.29 is 19.3 Å². The summed E-state index contributed by atoms with van der Waals surface area (Å²) < 4.78 is 15.6. The van der Waals surface area contributed by atoms with Crippen LogP contribution in [-0.2, 0) is 14.2 Å². The quantitative estimate of drug-likeness (QED) is 0.620. The first-order valence-corrected chi connectivity index (χ1v) is 8.49. The van der Waals surface area contributed by atoms with E-state index < -0.39 is 6.23 Å². The van der Waals surface area contributed by atoms with Gasteiger partial charge >= 0.3 is 0 Å². The van der Waals surface area contributed by atoms with Crippen molar-refractivity contribution in [3.05, 3.63) is 29.8 Å². The van der Waals surface area contributed by atoms with Crippen LogP contribution in [0.15, 0.2) is 24.3 Å². The first-order chi connectivity index (χ1) is 13.0. The number of ether oxygens (including phenoxy) is 3. The van der Waals surface area contributed by atoms with Crippen molar-refractivity contribution in [1.29, 1.82) is 0 Å². The van der Waals surface area contributed by atoms with Gasteiger partial charge in [0.1, 0.15) is 26.4 Å². The van der Waals surface area contributed by atoms with Crippen molar-refractivity contribution in [3.8, 4) is 11.4 Å². The summed E-state index contributed by atoms with van der Waals surface area (Å²) in [6.07, 6.45) is -0.844. The zero-order chi connectivity index (χ0) is 19.8. The van der Waals surface area contributed by atoms with Crippen molar-refractivity contribution in [2.45, 2.75) is 20.1 Å². The molecule has 1 aromatic heterocycles. The molecular weight excluding hydrogens is 350 g/mol. The summed E-state index contributed by atoms with van der Waals surface area (Å²) in [7, 11) is 4.71. The topological polar surface area (TPSA) is 93.1 Å². The number of nitrogens with zero attached hydrogens (tertiary/aromatic N) is 5. The van der Waals surface area contributed by atoms with E-state index in [1.165, 1.54) is 4.90 Å². The highest BCUT2D eigenvalue weighted by Gasteiger charge is 2.20. The number of aromatic nitrogens is 3. The van der Waals surface area contributed by atoms with Gasteiger partial charge in [0.25, 0.3) is 0 Å². The van der Waals surface area contributed by atoms with E-state index in [2.05, 4.69) is 15.0 Å². The van der Waals surface area contributed by atoms with Crippen molar-refractivity contribution in [1.82, 2.24) is 15.0 Å². The van der Waals surface area contributed by atoms with E-state index in [1.54, 1.807) is 33.2 Å². The molecule has 2 aromatic rings. The molecule has 0 aliphatic rings. The molecule has 0 amide bonds. The third-order valence-corrected chi connectivity index (χ3v) is 3.72. The monoisotopic (exact) mass is 377 g/mol. The standard InChI is InChI=1S/C18H27N5O4/c1-13-7-6-8-15(9-13)16-19-17(22(10-25-3)11-26-4)21-18(20-16)23(12-27-5)14(2)24/h6-9,14,24H,10-12H2,1-5H3. The van der Waals surface area contributed by atoms with E-state index in [0.29, 0.717) is 17.7 Å². The molecule has 1 heterocycles. The van der Waals surface area contributed by atoms with Crippen molar-refractivity contribution in [2.75, 3.05) is 51.3 Å². The van der Waals surface area contributed by atoms with Gasteiger partial charge in [0.2, 0.25) is 11.9 Å². The average Bonchev–Trinajstić information content (AvgIpc) is 2.65. The number of aryl methyl sites for hydroxylation is 1. The number of methoxy groups -OCH3 is 3. The van der Waals surface area contributed by atoms with Gasteiger partial charge in [-0.25, -0.2) is 0 Å². The molecular formula is C18H27N5O4. The molecule has 0 aliphatic carbocycles. The summed E-state index contributed by atoms with van der Waals surface area (Å²) in [5.41, 5.74) is 1.93. The highest BCUT2D eigenvalue weighted by molar-refractivity contribution is 5.59. The van der Waals surface area contributed by atoms with Gasteiger partial charge in [-0.15, -0.1) is 0 Å². The molecule has 27 heavy (non-hydrogen) atoms. The molecule has 2 rings (SSSR count).